The van der Waals surface area contributed by atoms with E-state index in [1.165, 1.54) is 36.3 Å². The van der Waals surface area contributed by atoms with Crippen LogP contribution in [0.5, 0.6) is 0 Å². The monoisotopic (exact) mass is 530 g/mol. The standard InChI is InChI=1S/C29H30BN4O.C4H7N/c1-19(35)32-17-21-7-3-5-9-26(21)28(30)34-29(12-13-29)27-15-22(14-20-6-2-4-8-25(20)27)23(16-31)18-33-24-10-11-24;5-3-4-1-2-4/h2-9,14-16,18,24,34H,10-13,17,31H2,1H3,(H,32,35);3H,1-2,5H2/b23-16+,33-18?;. The fourth-order valence-electron chi connectivity index (χ4n) is 4.80. The molecule has 0 unspecified atom stereocenters. The molecule has 1 amide bonds. The predicted octanol–water partition coefficient (Wildman–Crippen LogP) is 4.56. The SMILES string of the molecule is NC=C1CC1.[B]=C(NC1(c2cc(/C(C=NC3CC3)=C/N)cc3ccccc23)CC1)c1ccccc1CNC(C)=O. The van der Waals surface area contributed by atoms with Crippen LogP contribution in [0.4, 0.5) is 0 Å². The summed E-state index contributed by atoms with van der Waals surface area (Å²) in [5, 5.41) is 8.91. The first-order valence-corrected chi connectivity index (χ1v) is 14.0. The first kappa shape index (κ1) is 27.4. The Morgan fingerprint density at radius 3 is 2.42 bits per heavy atom. The van der Waals surface area contributed by atoms with Crippen LogP contribution in [0.15, 0.2) is 83.6 Å². The fraction of sp³-hybridized carbons (Fsp3) is 0.303. The van der Waals surface area contributed by atoms with Crippen molar-refractivity contribution in [2.45, 2.75) is 63.6 Å². The van der Waals surface area contributed by atoms with E-state index in [-0.39, 0.29) is 11.4 Å². The van der Waals surface area contributed by atoms with E-state index >= 15 is 0 Å². The Balaban J connectivity index is 0.000000582. The summed E-state index contributed by atoms with van der Waals surface area (Å²) in [5.41, 5.74) is 18.0. The van der Waals surface area contributed by atoms with Gasteiger partial charge >= 0.3 is 208 Å². The molecule has 0 atom stereocenters. The number of hydrogen-bond acceptors (Lipinski definition) is 5. The van der Waals surface area contributed by atoms with Crippen molar-refractivity contribution in [1.29, 1.82) is 0 Å². The Hall–Kier alpha value is -4.13. The molecule has 0 bridgehead atoms. The van der Waals surface area contributed by atoms with Crippen molar-refractivity contribution < 1.29 is 4.79 Å². The van der Waals surface area contributed by atoms with Crippen molar-refractivity contribution in [2.24, 2.45) is 16.5 Å². The van der Waals surface area contributed by atoms with Gasteiger partial charge in [0.1, 0.15) is 0 Å². The van der Waals surface area contributed by atoms with Gasteiger partial charge < -0.3 is 5.73 Å². The van der Waals surface area contributed by atoms with Crippen LogP contribution < -0.4 is 22.1 Å². The van der Waals surface area contributed by atoms with Gasteiger partial charge in [-0.2, -0.15) is 0 Å². The van der Waals surface area contributed by atoms with Gasteiger partial charge in [0, 0.05) is 0 Å². The van der Waals surface area contributed by atoms with Crippen molar-refractivity contribution in [2.75, 3.05) is 0 Å². The molecular weight excluding hydrogens is 493 g/mol. The number of nitrogens with one attached hydrogen (secondary N) is 2. The number of carbonyl (C=O) groups excluding carboxylic acids is 1. The number of nitrogens with two attached hydrogens (primary N) is 2. The summed E-state index contributed by atoms with van der Waals surface area (Å²) in [5.74, 6) is -0.0673. The first-order chi connectivity index (χ1) is 19.4. The minimum absolute atomic E-state index is 0.0673. The van der Waals surface area contributed by atoms with Crippen molar-refractivity contribution in [3.63, 3.8) is 0 Å². The maximum atomic E-state index is 11.5. The molecule has 6 rings (SSSR count). The molecule has 6 nitrogen and oxygen atoms in total. The van der Waals surface area contributed by atoms with E-state index in [4.69, 9.17) is 19.0 Å². The summed E-state index contributed by atoms with van der Waals surface area (Å²) in [7, 11) is 6.66. The number of benzene rings is 3. The zero-order chi connectivity index (χ0) is 28.1. The molecule has 0 spiro atoms. The summed E-state index contributed by atoms with van der Waals surface area (Å²) >= 11 is 0. The van der Waals surface area contributed by atoms with E-state index in [1.54, 1.807) is 12.4 Å². The summed E-state index contributed by atoms with van der Waals surface area (Å²) in [6.45, 7) is 1.95. The Labute approximate surface area is 237 Å². The van der Waals surface area contributed by atoms with Gasteiger partial charge in [0.15, 0.2) is 0 Å². The van der Waals surface area contributed by atoms with Crippen LogP contribution in [-0.4, -0.2) is 31.2 Å². The predicted molar refractivity (Wildman–Crippen MR) is 167 cm³/mol. The van der Waals surface area contributed by atoms with Crippen molar-refractivity contribution in [3.05, 3.63) is 101 Å². The molecule has 3 fully saturated rings. The molecule has 3 aliphatic carbocycles. The zero-order valence-corrected chi connectivity index (χ0v) is 23.1. The second kappa shape index (κ2) is 11.9. The zero-order valence-electron chi connectivity index (χ0n) is 23.1. The number of amides is 1. The summed E-state index contributed by atoms with van der Waals surface area (Å²) < 4.78 is 0. The number of allylic oxidation sites excluding steroid dienone is 2. The van der Waals surface area contributed by atoms with Gasteiger partial charge in [-0.3, -0.25) is 0 Å². The van der Waals surface area contributed by atoms with Crippen LogP contribution in [0.3, 0.4) is 0 Å². The normalized spacial score (nSPS) is 17.1. The Kier molecular flexibility index (Phi) is 8.20. The molecule has 7 heteroatoms. The molecule has 0 aromatic heterocycles. The number of aliphatic imine (C=N–C) groups is 1. The summed E-state index contributed by atoms with van der Waals surface area (Å²) in [6.07, 6.45) is 12.0. The topological polar surface area (TPSA) is 106 Å². The van der Waals surface area contributed by atoms with Crippen LogP contribution in [0.1, 0.15) is 67.7 Å². The van der Waals surface area contributed by atoms with E-state index in [0.717, 1.165) is 53.3 Å². The number of rotatable bonds is 9. The van der Waals surface area contributed by atoms with E-state index in [0.29, 0.717) is 18.2 Å². The third-order valence-electron chi connectivity index (χ3n) is 7.60. The molecule has 3 saturated carbocycles. The average molecular weight is 531 g/mol. The third-order valence-corrected chi connectivity index (χ3v) is 7.60. The first-order valence-electron chi connectivity index (χ1n) is 14.0. The molecule has 3 aromatic rings. The number of hydrogen-bond donors (Lipinski definition) is 4. The Morgan fingerprint density at radius 2 is 1.80 bits per heavy atom. The van der Waals surface area contributed by atoms with E-state index < -0.39 is 0 Å². The van der Waals surface area contributed by atoms with Gasteiger partial charge in [-0.25, -0.2) is 0 Å². The van der Waals surface area contributed by atoms with Crippen LogP contribution in [0.25, 0.3) is 16.3 Å². The van der Waals surface area contributed by atoms with Gasteiger partial charge in [0.25, 0.3) is 0 Å². The second-order valence-corrected chi connectivity index (χ2v) is 10.9. The van der Waals surface area contributed by atoms with E-state index in [1.807, 2.05) is 30.5 Å². The van der Waals surface area contributed by atoms with Gasteiger partial charge in [0.2, 0.25) is 0 Å². The van der Waals surface area contributed by atoms with Gasteiger partial charge in [0.05, 0.1) is 0 Å². The Bertz CT molecular complexity index is 1510. The number of carbonyl (C=O) groups is 1. The van der Waals surface area contributed by atoms with Crippen LogP contribution in [0, 0.1) is 0 Å². The van der Waals surface area contributed by atoms with Crippen LogP contribution >= 0.6 is 0 Å². The van der Waals surface area contributed by atoms with Gasteiger partial charge in [-0.1, -0.05) is 5.57 Å². The van der Waals surface area contributed by atoms with Crippen molar-refractivity contribution in [1.82, 2.24) is 10.6 Å². The van der Waals surface area contributed by atoms with E-state index in [2.05, 4.69) is 52.0 Å². The molecule has 40 heavy (non-hydrogen) atoms. The second-order valence-electron chi connectivity index (χ2n) is 10.9. The third kappa shape index (κ3) is 6.71. The quantitative estimate of drug-likeness (QED) is 0.241. The van der Waals surface area contributed by atoms with Crippen molar-refractivity contribution >= 4 is 41.5 Å². The van der Waals surface area contributed by atoms with Crippen LogP contribution in [0.2, 0.25) is 0 Å². The average Bonchev–Trinajstić information content (AvgIpc) is 3.81. The molecular formula is C33H37BN5O. The number of nitrogens with zero attached hydrogens (tertiary/aromatic N) is 1. The summed E-state index contributed by atoms with van der Waals surface area (Å²) in [4.78, 5) is 16.1. The molecule has 1 radical (unpaired) electrons. The van der Waals surface area contributed by atoms with Crippen molar-refractivity contribution in [3.8, 4) is 0 Å². The van der Waals surface area contributed by atoms with Crippen LogP contribution in [-0.2, 0) is 16.9 Å². The Morgan fingerprint density at radius 1 is 1.07 bits per heavy atom. The van der Waals surface area contributed by atoms with Gasteiger partial charge in [-0.05, 0) is 19.0 Å². The molecule has 0 saturated heterocycles. The molecule has 203 valence electrons. The molecule has 3 aromatic carbocycles. The fourth-order valence-corrected chi connectivity index (χ4v) is 4.80. The number of fused-ring (bicyclic) bond motifs is 1. The molecule has 0 heterocycles. The molecule has 6 N–H and O–H groups in total. The molecule has 3 aliphatic rings. The maximum absolute atomic E-state index is 11.5. The molecule has 0 aliphatic heterocycles. The minimum atomic E-state index is -0.256. The van der Waals surface area contributed by atoms with E-state index in [9.17, 15) is 4.79 Å². The van der Waals surface area contributed by atoms with Gasteiger partial charge in [-0.15, -0.1) is 0 Å². The summed E-state index contributed by atoms with van der Waals surface area (Å²) in [6, 6.07) is 21.2.